The van der Waals surface area contributed by atoms with Crippen LogP contribution >= 0.6 is 12.2 Å². The Bertz CT molecular complexity index is 587. The Labute approximate surface area is 112 Å². The van der Waals surface area contributed by atoms with Gasteiger partial charge in [0.1, 0.15) is 0 Å². The van der Waals surface area contributed by atoms with Crippen LogP contribution in [0.3, 0.4) is 0 Å². The number of rotatable bonds is 5. The summed E-state index contributed by atoms with van der Waals surface area (Å²) in [6, 6.07) is 4.15. The van der Waals surface area contributed by atoms with Gasteiger partial charge in [-0.3, -0.25) is 4.57 Å². The van der Waals surface area contributed by atoms with Crippen LogP contribution in [0.1, 0.15) is 39.2 Å². The third-order valence-corrected chi connectivity index (χ3v) is 3.46. The lowest BCUT2D eigenvalue weighted by Gasteiger charge is -2.13. The molecule has 1 atom stereocenters. The molecule has 5 heteroatoms. The Hall–Kier alpha value is -1.36. The summed E-state index contributed by atoms with van der Waals surface area (Å²) in [6.07, 6.45) is 3.49. The first-order valence-corrected chi connectivity index (χ1v) is 6.73. The van der Waals surface area contributed by atoms with Crippen LogP contribution < -0.4 is 4.74 Å². The Balaban J connectivity index is 2.47. The van der Waals surface area contributed by atoms with Crippen LogP contribution in [0, 0.1) is 4.77 Å². The van der Waals surface area contributed by atoms with Crippen LogP contribution in [0.4, 0.5) is 0 Å². The van der Waals surface area contributed by atoms with E-state index in [1.54, 1.807) is 7.11 Å². The molecule has 0 radical (unpaired) electrons. The molecule has 2 aromatic heterocycles. The second-order valence-corrected chi connectivity index (χ2v) is 4.90. The Morgan fingerprint density at radius 3 is 2.94 bits per heavy atom. The molecule has 2 rings (SSSR count). The summed E-state index contributed by atoms with van der Waals surface area (Å²) in [5.74, 6) is 0.618. The number of aromatic amines is 1. The molecule has 0 aliphatic carbocycles. The molecule has 0 amide bonds. The lowest BCUT2D eigenvalue weighted by molar-refractivity contribution is 0.398. The highest BCUT2D eigenvalue weighted by atomic mass is 32.1. The van der Waals surface area contributed by atoms with Crippen LogP contribution in [0.2, 0.25) is 0 Å². The van der Waals surface area contributed by atoms with Gasteiger partial charge < -0.3 is 9.72 Å². The number of aromatic nitrogens is 3. The number of nitrogens with one attached hydrogen (secondary N) is 1. The quantitative estimate of drug-likeness (QED) is 0.835. The van der Waals surface area contributed by atoms with E-state index < -0.39 is 0 Å². The second-order valence-electron chi connectivity index (χ2n) is 4.52. The normalized spacial score (nSPS) is 12.8. The van der Waals surface area contributed by atoms with E-state index in [9.17, 15) is 0 Å². The number of methoxy groups -OCH3 is 1. The van der Waals surface area contributed by atoms with Gasteiger partial charge in [-0.15, -0.1) is 0 Å². The number of pyridine rings is 1. The topological polar surface area (TPSA) is 42.8 Å². The van der Waals surface area contributed by atoms with E-state index >= 15 is 0 Å². The lowest BCUT2D eigenvalue weighted by atomic mass is 10.1. The van der Waals surface area contributed by atoms with E-state index in [1.165, 1.54) is 12.8 Å². The fourth-order valence-electron chi connectivity index (χ4n) is 2.14. The van der Waals surface area contributed by atoms with Crippen LogP contribution in [-0.4, -0.2) is 21.6 Å². The SMILES string of the molecule is CCCCC(C)n1c(=S)[nH]c2ccc(OC)nc21. The molecule has 0 aliphatic rings. The molecule has 0 spiro atoms. The summed E-state index contributed by atoms with van der Waals surface area (Å²) in [5, 5.41) is 0. The molecule has 0 fully saturated rings. The van der Waals surface area contributed by atoms with E-state index in [1.807, 2.05) is 12.1 Å². The highest BCUT2D eigenvalue weighted by molar-refractivity contribution is 7.71. The van der Waals surface area contributed by atoms with Gasteiger partial charge in [-0.2, -0.15) is 4.98 Å². The zero-order valence-corrected chi connectivity index (χ0v) is 11.9. The monoisotopic (exact) mass is 265 g/mol. The van der Waals surface area contributed by atoms with E-state index in [-0.39, 0.29) is 0 Å². The maximum atomic E-state index is 5.39. The molecule has 4 nitrogen and oxygen atoms in total. The van der Waals surface area contributed by atoms with Gasteiger partial charge in [0.15, 0.2) is 10.4 Å². The number of imidazole rings is 1. The summed E-state index contributed by atoms with van der Waals surface area (Å²) in [7, 11) is 1.63. The molecule has 0 aliphatic heterocycles. The number of hydrogen-bond donors (Lipinski definition) is 1. The fraction of sp³-hybridized carbons (Fsp3) is 0.538. The zero-order chi connectivity index (χ0) is 13.1. The summed E-state index contributed by atoms with van der Waals surface area (Å²) in [5.41, 5.74) is 1.84. The van der Waals surface area contributed by atoms with Crippen molar-refractivity contribution >= 4 is 23.4 Å². The Morgan fingerprint density at radius 2 is 2.28 bits per heavy atom. The van der Waals surface area contributed by atoms with Crippen LogP contribution in [-0.2, 0) is 0 Å². The summed E-state index contributed by atoms with van der Waals surface area (Å²) in [4.78, 5) is 7.68. The first-order chi connectivity index (χ1) is 8.67. The lowest BCUT2D eigenvalue weighted by Crippen LogP contribution is -2.06. The summed E-state index contributed by atoms with van der Waals surface area (Å²) >= 11 is 5.39. The third kappa shape index (κ3) is 2.41. The highest BCUT2D eigenvalue weighted by Crippen LogP contribution is 2.23. The molecular formula is C13H19N3OS. The van der Waals surface area contributed by atoms with Crippen LogP contribution in [0.15, 0.2) is 12.1 Å². The number of nitrogens with zero attached hydrogens (tertiary/aromatic N) is 2. The fourth-order valence-corrected chi connectivity index (χ4v) is 2.51. The minimum absolute atomic E-state index is 0.353. The number of ether oxygens (including phenoxy) is 1. The maximum Gasteiger partial charge on any atom is 0.215 e. The maximum absolute atomic E-state index is 5.39. The van der Waals surface area contributed by atoms with E-state index in [4.69, 9.17) is 17.0 Å². The first-order valence-electron chi connectivity index (χ1n) is 6.32. The molecule has 1 unspecified atom stereocenters. The van der Waals surface area contributed by atoms with Crippen molar-refractivity contribution in [3.8, 4) is 5.88 Å². The average molecular weight is 265 g/mol. The van der Waals surface area contributed by atoms with Crippen molar-refractivity contribution in [1.82, 2.24) is 14.5 Å². The van der Waals surface area contributed by atoms with Gasteiger partial charge in [-0.05, 0) is 31.6 Å². The summed E-state index contributed by atoms with van der Waals surface area (Å²) in [6.45, 7) is 4.38. The van der Waals surface area contributed by atoms with E-state index in [0.717, 1.165) is 22.4 Å². The van der Waals surface area contributed by atoms with Gasteiger partial charge in [0.2, 0.25) is 5.88 Å². The van der Waals surface area contributed by atoms with Crippen molar-refractivity contribution in [1.29, 1.82) is 0 Å². The first kappa shape index (κ1) is 13.1. The van der Waals surface area contributed by atoms with Gasteiger partial charge in [0.05, 0.1) is 12.6 Å². The summed E-state index contributed by atoms with van der Waals surface area (Å²) < 4.78 is 7.99. The van der Waals surface area contributed by atoms with Gasteiger partial charge in [-0.1, -0.05) is 19.8 Å². The van der Waals surface area contributed by atoms with Crippen molar-refractivity contribution < 1.29 is 4.74 Å². The molecule has 0 bridgehead atoms. The standard InChI is InChI=1S/C13H19N3OS/c1-4-5-6-9(2)16-12-10(14-13(16)18)7-8-11(15-12)17-3/h7-9H,4-6H2,1-3H3,(H,14,18). The molecule has 18 heavy (non-hydrogen) atoms. The van der Waals surface area contributed by atoms with Gasteiger partial charge in [-0.25, -0.2) is 0 Å². The molecule has 0 saturated heterocycles. The van der Waals surface area contributed by atoms with E-state index in [2.05, 4.69) is 28.4 Å². The van der Waals surface area contributed by atoms with Crippen molar-refractivity contribution in [2.45, 2.75) is 39.2 Å². The number of fused-ring (bicyclic) bond motifs is 1. The third-order valence-electron chi connectivity index (χ3n) is 3.16. The Morgan fingerprint density at radius 1 is 1.50 bits per heavy atom. The van der Waals surface area contributed by atoms with Crippen LogP contribution in [0.5, 0.6) is 5.88 Å². The highest BCUT2D eigenvalue weighted by Gasteiger charge is 2.12. The molecule has 0 saturated carbocycles. The largest absolute Gasteiger partial charge is 0.481 e. The number of H-pyrrole nitrogens is 1. The minimum atomic E-state index is 0.353. The zero-order valence-electron chi connectivity index (χ0n) is 11.1. The Kier molecular flexibility index (Phi) is 4.01. The van der Waals surface area contributed by atoms with Gasteiger partial charge in [0.25, 0.3) is 0 Å². The smallest absolute Gasteiger partial charge is 0.215 e. The molecule has 1 N–H and O–H groups in total. The second kappa shape index (κ2) is 5.52. The molecular weight excluding hydrogens is 246 g/mol. The van der Waals surface area contributed by atoms with Crippen molar-refractivity contribution in [2.24, 2.45) is 0 Å². The molecule has 98 valence electrons. The molecule has 2 heterocycles. The van der Waals surface area contributed by atoms with Crippen molar-refractivity contribution in [3.05, 3.63) is 16.9 Å². The van der Waals surface area contributed by atoms with E-state index in [0.29, 0.717) is 11.9 Å². The van der Waals surface area contributed by atoms with Crippen molar-refractivity contribution in [3.63, 3.8) is 0 Å². The number of hydrogen-bond acceptors (Lipinski definition) is 3. The predicted molar refractivity (Wildman–Crippen MR) is 75.7 cm³/mol. The van der Waals surface area contributed by atoms with Gasteiger partial charge in [0, 0.05) is 12.1 Å². The van der Waals surface area contributed by atoms with Crippen molar-refractivity contribution in [2.75, 3.05) is 7.11 Å². The van der Waals surface area contributed by atoms with Gasteiger partial charge >= 0.3 is 0 Å². The number of unbranched alkanes of at least 4 members (excludes halogenated alkanes) is 1. The molecule has 2 aromatic rings. The molecule has 0 aromatic carbocycles. The average Bonchev–Trinajstić information content (AvgIpc) is 2.70. The minimum Gasteiger partial charge on any atom is -0.481 e. The van der Waals surface area contributed by atoms with Crippen LogP contribution in [0.25, 0.3) is 11.2 Å². The predicted octanol–water partition coefficient (Wildman–Crippen LogP) is 3.85.